The van der Waals surface area contributed by atoms with Gasteiger partial charge in [0.1, 0.15) is 11.8 Å². The number of aliphatic carboxylic acids is 2. The maximum atomic E-state index is 11.0. The first-order valence-electron chi connectivity index (χ1n) is 4.86. The molecule has 0 heterocycles. The van der Waals surface area contributed by atoms with Crippen LogP contribution < -0.4 is 10.1 Å². The number of methoxy groups -OCH3 is 1. The SMILES string of the molecule is COc1ccc(C(NCC(=O)O)C(=O)O)cc1. The average Bonchev–Trinajstić information content (AvgIpc) is 2.29. The molecule has 0 aliphatic heterocycles. The summed E-state index contributed by atoms with van der Waals surface area (Å²) in [6, 6.07) is 5.34. The quantitative estimate of drug-likeness (QED) is 0.668. The Morgan fingerprint density at radius 2 is 1.88 bits per heavy atom. The highest BCUT2D eigenvalue weighted by atomic mass is 16.5. The molecule has 1 rings (SSSR count). The lowest BCUT2D eigenvalue weighted by molar-refractivity contribution is -0.140. The molecule has 1 aromatic carbocycles. The topological polar surface area (TPSA) is 95.9 Å². The molecule has 0 saturated carbocycles. The van der Waals surface area contributed by atoms with E-state index >= 15 is 0 Å². The van der Waals surface area contributed by atoms with E-state index in [4.69, 9.17) is 14.9 Å². The smallest absolute Gasteiger partial charge is 0.325 e. The highest BCUT2D eigenvalue weighted by molar-refractivity contribution is 5.77. The summed E-state index contributed by atoms with van der Waals surface area (Å²) >= 11 is 0. The molecule has 3 N–H and O–H groups in total. The van der Waals surface area contributed by atoms with Crippen LogP contribution >= 0.6 is 0 Å². The van der Waals surface area contributed by atoms with Crippen molar-refractivity contribution in [1.82, 2.24) is 5.32 Å². The summed E-state index contributed by atoms with van der Waals surface area (Å²) in [7, 11) is 1.51. The van der Waals surface area contributed by atoms with Crippen LogP contribution in [0.2, 0.25) is 0 Å². The Morgan fingerprint density at radius 3 is 2.29 bits per heavy atom. The van der Waals surface area contributed by atoms with Crippen LogP contribution in [-0.2, 0) is 9.59 Å². The normalized spacial score (nSPS) is 11.8. The number of nitrogens with one attached hydrogen (secondary N) is 1. The number of ether oxygens (including phenoxy) is 1. The lowest BCUT2D eigenvalue weighted by atomic mass is 10.1. The van der Waals surface area contributed by atoms with E-state index in [0.717, 1.165) is 0 Å². The fourth-order valence-electron chi connectivity index (χ4n) is 1.33. The Labute approximate surface area is 97.8 Å². The van der Waals surface area contributed by atoms with E-state index in [0.29, 0.717) is 11.3 Å². The molecule has 0 amide bonds. The fraction of sp³-hybridized carbons (Fsp3) is 0.273. The van der Waals surface area contributed by atoms with Gasteiger partial charge in [-0.15, -0.1) is 0 Å². The van der Waals surface area contributed by atoms with Gasteiger partial charge in [0.2, 0.25) is 0 Å². The third kappa shape index (κ3) is 3.76. The van der Waals surface area contributed by atoms with Crippen molar-refractivity contribution in [3.63, 3.8) is 0 Å². The van der Waals surface area contributed by atoms with Crippen LogP contribution in [0, 0.1) is 0 Å². The second-order valence-electron chi connectivity index (χ2n) is 3.32. The van der Waals surface area contributed by atoms with Crippen molar-refractivity contribution in [2.45, 2.75) is 6.04 Å². The number of carboxylic acid groups (broad SMARTS) is 2. The van der Waals surface area contributed by atoms with Crippen LogP contribution in [0.4, 0.5) is 0 Å². The molecule has 0 aromatic heterocycles. The summed E-state index contributed by atoms with van der Waals surface area (Å²) in [5.74, 6) is -1.63. The van der Waals surface area contributed by atoms with E-state index in [1.807, 2.05) is 0 Å². The molecule has 0 spiro atoms. The molecular formula is C11H13NO5. The van der Waals surface area contributed by atoms with Gasteiger partial charge in [-0.1, -0.05) is 12.1 Å². The molecule has 0 aliphatic carbocycles. The molecule has 6 nitrogen and oxygen atoms in total. The van der Waals surface area contributed by atoms with Crippen molar-refractivity contribution in [2.75, 3.05) is 13.7 Å². The van der Waals surface area contributed by atoms with Gasteiger partial charge in [0.05, 0.1) is 13.7 Å². The Kier molecular flexibility index (Phi) is 4.47. The van der Waals surface area contributed by atoms with Crippen LogP contribution in [0.3, 0.4) is 0 Å². The van der Waals surface area contributed by atoms with Crippen molar-refractivity contribution < 1.29 is 24.5 Å². The summed E-state index contributed by atoms with van der Waals surface area (Å²) in [5, 5.41) is 19.9. The molecular weight excluding hydrogens is 226 g/mol. The van der Waals surface area contributed by atoms with Crippen molar-refractivity contribution >= 4 is 11.9 Å². The number of rotatable bonds is 6. The van der Waals surface area contributed by atoms with Crippen LogP contribution in [0.25, 0.3) is 0 Å². The number of benzene rings is 1. The predicted molar refractivity (Wildman–Crippen MR) is 59.0 cm³/mol. The highest BCUT2D eigenvalue weighted by Crippen LogP contribution is 2.17. The third-order valence-corrected chi connectivity index (χ3v) is 2.15. The largest absolute Gasteiger partial charge is 0.497 e. The Balaban J connectivity index is 2.81. The molecule has 0 fully saturated rings. The first-order valence-corrected chi connectivity index (χ1v) is 4.86. The molecule has 0 bridgehead atoms. The maximum Gasteiger partial charge on any atom is 0.325 e. The Hall–Kier alpha value is -2.08. The zero-order chi connectivity index (χ0) is 12.8. The number of carboxylic acids is 2. The standard InChI is InChI=1S/C11H13NO5/c1-17-8-4-2-7(3-5-8)10(11(15)16)12-6-9(13)14/h2-5,10,12H,6H2,1H3,(H,13,14)(H,15,16). The van der Waals surface area contributed by atoms with Gasteiger partial charge in [-0.25, -0.2) is 0 Å². The number of hydrogen-bond acceptors (Lipinski definition) is 4. The minimum atomic E-state index is -1.13. The minimum Gasteiger partial charge on any atom is -0.497 e. The molecule has 6 heteroatoms. The van der Waals surface area contributed by atoms with Crippen molar-refractivity contribution in [3.8, 4) is 5.75 Å². The zero-order valence-electron chi connectivity index (χ0n) is 9.21. The van der Waals surface area contributed by atoms with Gasteiger partial charge >= 0.3 is 11.9 Å². The molecule has 1 atom stereocenters. The Morgan fingerprint density at radius 1 is 1.29 bits per heavy atom. The monoisotopic (exact) mass is 239 g/mol. The van der Waals surface area contributed by atoms with Gasteiger partial charge in [0.25, 0.3) is 0 Å². The minimum absolute atomic E-state index is 0.414. The average molecular weight is 239 g/mol. The molecule has 92 valence electrons. The summed E-state index contributed by atoms with van der Waals surface area (Å²) < 4.78 is 4.95. The first-order chi connectivity index (χ1) is 8.04. The molecule has 0 radical (unpaired) electrons. The lowest BCUT2D eigenvalue weighted by Gasteiger charge is -2.13. The lowest BCUT2D eigenvalue weighted by Crippen LogP contribution is -2.32. The van der Waals surface area contributed by atoms with Gasteiger partial charge in [-0.2, -0.15) is 0 Å². The van der Waals surface area contributed by atoms with Gasteiger partial charge < -0.3 is 14.9 Å². The van der Waals surface area contributed by atoms with Crippen molar-refractivity contribution in [2.24, 2.45) is 0 Å². The summed E-state index contributed by atoms with van der Waals surface area (Å²) in [5.41, 5.74) is 0.472. The highest BCUT2D eigenvalue weighted by Gasteiger charge is 2.19. The molecule has 17 heavy (non-hydrogen) atoms. The van der Waals surface area contributed by atoms with Crippen LogP contribution in [0.15, 0.2) is 24.3 Å². The van der Waals surface area contributed by atoms with E-state index in [2.05, 4.69) is 5.32 Å². The second-order valence-corrected chi connectivity index (χ2v) is 3.32. The Bertz CT molecular complexity index is 401. The van der Waals surface area contributed by atoms with Gasteiger partial charge in [-0.3, -0.25) is 14.9 Å². The third-order valence-electron chi connectivity index (χ3n) is 2.15. The van der Waals surface area contributed by atoms with Gasteiger partial charge in [0.15, 0.2) is 0 Å². The van der Waals surface area contributed by atoms with Crippen LogP contribution in [-0.4, -0.2) is 35.8 Å². The van der Waals surface area contributed by atoms with E-state index in [1.165, 1.54) is 7.11 Å². The predicted octanol–water partition coefficient (Wildman–Crippen LogP) is 0.495. The van der Waals surface area contributed by atoms with Gasteiger partial charge in [0, 0.05) is 0 Å². The van der Waals surface area contributed by atoms with Crippen molar-refractivity contribution in [3.05, 3.63) is 29.8 Å². The number of hydrogen-bond donors (Lipinski definition) is 3. The van der Waals surface area contributed by atoms with E-state index in [1.54, 1.807) is 24.3 Å². The van der Waals surface area contributed by atoms with Gasteiger partial charge in [-0.05, 0) is 17.7 Å². The molecule has 1 unspecified atom stereocenters. The van der Waals surface area contributed by atoms with Crippen LogP contribution in [0.1, 0.15) is 11.6 Å². The molecule has 0 saturated heterocycles. The summed E-state index contributed by atoms with van der Waals surface area (Å²) in [4.78, 5) is 21.4. The first kappa shape index (κ1) is 13.0. The number of carbonyl (C=O) groups is 2. The van der Waals surface area contributed by atoms with E-state index in [9.17, 15) is 9.59 Å². The summed E-state index contributed by atoms with van der Waals surface area (Å²) in [6.07, 6.45) is 0. The van der Waals surface area contributed by atoms with E-state index < -0.39 is 24.5 Å². The summed E-state index contributed by atoms with van der Waals surface area (Å²) in [6.45, 7) is -0.414. The zero-order valence-corrected chi connectivity index (χ0v) is 9.21. The molecule has 1 aromatic rings. The van der Waals surface area contributed by atoms with E-state index in [-0.39, 0.29) is 0 Å². The fourth-order valence-corrected chi connectivity index (χ4v) is 1.33. The second kappa shape index (κ2) is 5.86. The molecule has 0 aliphatic rings. The maximum absolute atomic E-state index is 11.0. The van der Waals surface area contributed by atoms with Crippen molar-refractivity contribution in [1.29, 1.82) is 0 Å². The van der Waals surface area contributed by atoms with Crippen LogP contribution in [0.5, 0.6) is 5.75 Å².